The largest absolute Gasteiger partial charge is 0.466 e. The lowest BCUT2D eigenvalue weighted by molar-refractivity contribution is -0.143. The Morgan fingerprint density at radius 2 is 0.603 bits per heavy atom. The van der Waals surface area contributed by atoms with Crippen LogP contribution in [-0.2, 0) is 14.3 Å². The van der Waals surface area contributed by atoms with Crippen molar-refractivity contribution in [2.45, 2.75) is 424 Å². The third kappa shape index (κ3) is 63.8. The van der Waals surface area contributed by atoms with E-state index in [1.165, 1.54) is 334 Å². The Morgan fingerprint density at radius 1 is 0.346 bits per heavy atom. The first-order valence-corrected chi connectivity index (χ1v) is 35.9. The van der Waals surface area contributed by atoms with Gasteiger partial charge in [0.05, 0.1) is 25.4 Å². The summed E-state index contributed by atoms with van der Waals surface area (Å²) < 4.78 is 5.49. The zero-order chi connectivity index (χ0) is 56.4. The van der Waals surface area contributed by atoms with E-state index in [9.17, 15) is 19.8 Å². The summed E-state index contributed by atoms with van der Waals surface area (Å²) in [4.78, 5) is 24.5. The number of unbranched alkanes of at least 4 members (excludes halogenated alkanes) is 55. The lowest BCUT2D eigenvalue weighted by atomic mass is 10.0. The molecular weight excluding hydrogens is 959 g/mol. The summed E-state index contributed by atoms with van der Waals surface area (Å²) in [6.07, 6.45) is 84.4. The van der Waals surface area contributed by atoms with Crippen LogP contribution in [0.3, 0.4) is 0 Å². The van der Waals surface area contributed by atoms with Gasteiger partial charge in [0.2, 0.25) is 5.91 Å². The van der Waals surface area contributed by atoms with Crippen LogP contribution in [-0.4, -0.2) is 47.4 Å². The Hall–Kier alpha value is -1.40. The molecule has 0 saturated heterocycles. The molecule has 2 unspecified atom stereocenters. The lowest BCUT2D eigenvalue weighted by Gasteiger charge is -2.22. The molecule has 2 atom stereocenters. The number of aliphatic hydroxyl groups excluding tert-OH is 2. The van der Waals surface area contributed by atoms with E-state index in [0.29, 0.717) is 25.9 Å². The maximum atomic E-state index is 12.5. The third-order valence-electron chi connectivity index (χ3n) is 17.1. The van der Waals surface area contributed by atoms with Crippen molar-refractivity contribution >= 4 is 11.9 Å². The highest BCUT2D eigenvalue weighted by Gasteiger charge is 2.20. The third-order valence-corrected chi connectivity index (χ3v) is 17.1. The van der Waals surface area contributed by atoms with E-state index in [2.05, 4.69) is 31.3 Å². The van der Waals surface area contributed by atoms with Crippen molar-refractivity contribution in [3.63, 3.8) is 0 Å². The summed E-state index contributed by atoms with van der Waals surface area (Å²) in [5, 5.41) is 23.2. The highest BCUT2D eigenvalue weighted by Crippen LogP contribution is 2.19. The van der Waals surface area contributed by atoms with Gasteiger partial charge in [-0.05, 0) is 51.4 Å². The van der Waals surface area contributed by atoms with Gasteiger partial charge in [0.15, 0.2) is 0 Å². The van der Waals surface area contributed by atoms with Gasteiger partial charge >= 0.3 is 5.97 Å². The van der Waals surface area contributed by atoms with Crippen molar-refractivity contribution in [2.24, 2.45) is 0 Å². The first-order valence-electron chi connectivity index (χ1n) is 35.9. The van der Waals surface area contributed by atoms with Crippen molar-refractivity contribution in [2.75, 3.05) is 13.2 Å². The molecule has 464 valence electrons. The number of ether oxygens (including phenoxy) is 1. The lowest BCUT2D eigenvalue weighted by Crippen LogP contribution is -2.45. The predicted octanol–water partition coefficient (Wildman–Crippen LogP) is 23.1. The van der Waals surface area contributed by atoms with E-state index in [4.69, 9.17) is 4.74 Å². The van der Waals surface area contributed by atoms with Crippen LogP contribution < -0.4 is 5.32 Å². The summed E-state index contributed by atoms with van der Waals surface area (Å²) >= 11 is 0. The highest BCUT2D eigenvalue weighted by atomic mass is 16.5. The quantitative estimate of drug-likeness (QED) is 0.0320. The molecule has 0 aromatic heterocycles. The minimum absolute atomic E-state index is 0.0147. The molecule has 0 aliphatic heterocycles. The number of amides is 1. The maximum Gasteiger partial charge on any atom is 0.305 e. The molecule has 0 radical (unpaired) electrons. The van der Waals surface area contributed by atoms with Crippen molar-refractivity contribution in [1.29, 1.82) is 0 Å². The number of carbonyl (C=O) groups excluding carboxylic acids is 2. The van der Waals surface area contributed by atoms with Gasteiger partial charge in [-0.25, -0.2) is 0 Å². The molecule has 3 N–H and O–H groups in total. The van der Waals surface area contributed by atoms with E-state index >= 15 is 0 Å². The van der Waals surface area contributed by atoms with Gasteiger partial charge < -0.3 is 20.3 Å². The second kappa shape index (κ2) is 68.1. The highest BCUT2D eigenvalue weighted by molar-refractivity contribution is 5.76. The second-order valence-electron chi connectivity index (χ2n) is 24.9. The average molecular weight is 1100 g/mol. The van der Waals surface area contributed by atoms with Crippen LogP contribution >= 0.6 is 0 Å². The number of rotatable bonds is 68. The van der Waals surface area contributed by atoms with Crippen molar-refractivity contribution in [3.05, 3.63) is 12.2 Å². The van der Waals surface area contributed by atoms with Crippen LogP contribution in [0.5, 0.6) is 0 Å². The maximum absolute atomic E-state index is 12.5. The van der Waals surface area contributed by atoms with Crippen LogP contribution in [0.15, 0.2) is 12.2 Å². The van der Waals surface area contributed by atoms with Gasteiger partial charge in [-0.3, -0.25) is 9.59 Å². The Bertz CT molecular complexity index is 1180. The Labute approximate surface area is 489 Å². The molecular formula is C72H141NO5. The van der Waals surface area contributed by atoms with Crippen molar-refractivity contribution in [3.8, 4) is 0 Å². The Balaban J connectivity index is 3.27. The van der Waals surface area contributed by atoms with Crippen LogP contribution in [0.1, 0.15) is 412 Å². The summed E-state index contributed by atoms with van der Waals surface area (Å²) in [5.41, 5.74) is 0. The molecule has 0 spiro atoms. The monoisotopic (exact) mass is 1100 g/mol. The number of carbonyl (C=O) groups is 2. The molecule has 78 heavy (non-hydrogen) atoms. The van der Waals surface area contributed by atoms with Gasteiger partial charge in [0.25, 0.3) is 0 Å². The number of nitrogens with one attached hydrogen (secondary N) is 1. The van der Waals surface area contributed by atoms with Gasteiger partial charge in [-0.2, -0.15) is 0 Å². The fraction of sp³-hybridized carbons (Fsp3) is 0.944. The second-order valence-corrected chi connectivity index (χ2v) is 24.9. The summed E-state index contributed by atoms with van der Waals surface area (Å²) in [5.74, 6) is -0.0131. The van der Waals surface area contributed by atoms with Crippen LogP contribution in [0.2, 0.25) is 0 Å². The van der Waals surface area contributed by atoms with Gasteiger partial charge in [0, 0.05) is 12.8 Å². The predicted molar refractivity (Wildman–Crippen MR) is 343 cm³/mol. The first-order chi connectivity index (χ1) is 38.5. The minimum atomic E-state index is -0.658. The Morgan fingerprint density at radius 3 is 0.923 bits per heavy atom. The number of esters is 1. The first kappa shape index (κ1) is 76.6. The SMILES string of the molecule is CCCCCC/C=C\CCCCCCCC(=O)OCCCCCCCCCCCCCCCCCCCCCCCCCCCCCCCCCCCCCCCC(=O)NC(CO)C(O)CCCCCCCCCCCCC. The number of hydrogen-bond donors (Lipinski definition) is 3. The average Bonchev–Trinajstić information content (AvgIpc) is 3.44. The normalized spacial score (nSPS) is 12.5. The van der Waals surface area contributed by atoms with Crippen molar-refractivity contribution in [1.82, 2.24) is 5.32 Å². The molecule has 0 aromatic rings. The zero-order valence-corrected chi connectivity index (χ0v) is 53.2. The molecule has 6 heteroatoms. The summed E-state index contributed by atoms with van der Waals surface area (Å²) in [6.45, 7) is 4.96. The van der Waals surface area contributed by atoms with E-state index in [-0.39, 0.29) is 18.5 Å². The molecule has 0 bridgehead atoms. The molecule has 0 rings (SSSR count). The van der Waals surface area contributed by atoms with Gasteiger partial charge in [-0.1, -0.05) is 360 Å². The van der Waals surface area contributed by atoms with E-state index in [0.717, 1.165) is 44.9 Å². The molecule has 6 nitrogen and oxygen atoms in total. The summed E-state index contributed by atoms with van der Waals surface area (Å²) in [6, 6.07) is -0.535. The molecule has 0 saturated carbocycles. The number of allylic oxidation sites excluding steroid dienone is 2. The molecule has 0 aliphatic rings. The fourth-order valence-corrected chi connectivity index (χ4v) is 11.6. The number of aliphatic hydroxyl groups is 2. The van der Waals surface area contributed by atoms with E-state index in [1.54, 1.807) is 0 Å². The minimum Gasteiger partial charge on any atom is -0.466 e. The van der Waals surface area contributed by atoms with Crippen LogP contribution in [0, 0.1) is 0 Å². The number of hydrogen-bond acceptors (Lipinski definition) is 5. The topological polar surface area (TPSA) is 95.9 Å². The zero-order valence-electron chi connectivity index (χ0n) is 53.2. The van der Waals surface area contributed by atoms with E-state index in [1.807, 2.05) is 0 Å². The van der Waals surface area contributed by atoms with E-state index < -0.39 is 12.1 Å². The molecule has 0 heterocycles. The van der Waals surface area contributed by atoms with Crippen molar-refractivity contribution < 1.29 is 24.5 Å². The summed E-state index contributed by atoms with van der Waals surface area (Å²) in [7, 11) is 0. The smallest absolute Gasteiger partial charge is 0.305 e. The van der Waals surface area contributed by atoms with Gasteiger partial charge in [-0.15, -0.1) is 0 Å². The molecule has 0 aliphatic carbocycles. The standard InChI is InChI=1S/C72H141NO5/c1-3-5-7-9-11-13-15-41-46-50-54-58-62-66-72(77)78-67-63-59-55-51-47-43-40-38-36-34-32-30-28-26-24-22-20-18-16-17-19-21-23-25-27-29-31-33-35-37-39-42-45-49-53-57-61-65-71(76)73-69(68-74)70(75)64-60-56-52-48-44-14-12-10-8-6-4-2/h13,15,69-70,74-75H,3-12,14,16-68H2,1-2H3,(H,73,76)/b15-13-. The molecule has 1 amide bonds. The van der Waals surface area contributed by atoms with Crippen LogP contribution in [0.4, 0.5) is 0 Å². The van der Waals surface area contributed by atoms with Crippen LogP contribution in [0.25, 0.3) is 0 Å². The molecule has 0 fully saturated rings. The molecule has 0 aromatic carbocycles. The fourth-order valence-electron chi connectivity index (χ4n) is 11.6. The Kier molecular flexibility index (Phi) is 66.9. The van der Waals surface area contributed by atoms with Gasteiger partial charge in [0.1, 0.15) is 0 Å².